The van der Waals surface area contributed by atoms with Gasteiger partial charge in [0.25, 0.3) is 11.6 Å². The van der Waals surface area contributed by atoms with Crippen molar-refractivity contribution in [3.8, 4) is 22.6 Å². The molecule has 0 aliphatic heterocycles. The predicted octanol–water partition coefficient (Wildman–Crippen LogP) is 4.92. The molecule has 0 aliphatic carbocycles. The van der Waals surface area contributed by atoms with Crippen LogP contribution < -0.4 is 14.8 Å². The molecule has 0 fully saturated rings. The zero-order valence-corrected chi connectivity index (χ0v) is 16.0. The van der Waals surface area contributed by atoms with Crippen LogP contribution in [0, 0.1) is 10.1 Å². The Kier molecular flexibility index (Phi) is 6.09. The molecule has 0 atom stereocenters. The molecule has 0 aliphatic rings. The lowest BCUT2D eigenvalue weighted by Gasteiger charge is -2.12. The molecule has 1 N–H and O–H groups in total. The van der Waals surface area contributed by atoms with E-state index in [1.165, 1.54) is 19.2 Å². The molecule has 0 bridgehead atoms. The van der Waals surface area contributed by atoms with E-state index in [1.807, 2.05) is 42.5 Å². The molecule has 0 saturated heterocycles. The molecule has 7 heteroatoms. The van der Waals surface area contributed by atoms with Crippen molar-refractivity contribution in [1.29, 1.82) is 0 Å². The van der Waals surface area contributed by atoms with Gasteiger partial charge < -0.3 is 14.8 Å². The quantitative estimate of drug-likeness (QED) is 0.455. The molecular weight excluding hydrogens is 372 g/mol. The number of ether oxygens (including phenoxy) is 2. The lowest BCUT2D eigenvalue weighted by Crippen LogP contribution is -2.14. The van der Waals surface area contributed by atoms with Crippen LogP contribution in [0.1, 0.15) is 17.3 Å². The van der Waals surface area contributed by atoms with Gasteiger partial charge in [-0.05, 0) is 30.2 Å². The van der Waals surface area contributed by atoms with E-state index in [9.17, 15) is 14.9 Å². The summed E-state index contributed by atoms with van der Waals surface area (Å²) in [5.41, 5.74) is 2.11. The number of carbonyl (C=O) groups is 1. The van der Waals surface area contributed by atoms with Crippen LogP contribution in [0.15, 0.2) is 66.7 Å². The summed E-state index contributed by atoms with van der Waals surface area (Å²) in [6.07, 6.45) is 0. The second-order valence-electron chi connectivity index (χ2n) is 6.11. The highest BCUT2D eigenvalue weighted by Crippen LogP contribution is 2.35. The summed E-state index contributed by atoms with van der Waals surface area (Å²) < 4.78 is 10.6. The normalized spacial score (nSPS) is 10.3. The van der Waals surface area contributed by atoms with Gasteiger partial charge in [-0.25, -0.2) is 0 Å². The van der Waals surface area contributed by atoms with Crippen LogP contribution >= 0.6 is 0 Å². The smallest absolute Gasteiger partial charge is 0.286 e. The number of methoxy groups -OCH3 is 1. The first-order valence-electron chi connectivity index (χ1n) is 8.99. The summed E-state index contributed by atoms with van der Waals surface area (Å²) in [6.45, 7) is 2.10. The topological polar surface area (TPSA) is 90.7 Å². The molecule has 0 heterocycles. The van der Waals surface area contributed by atoms with Crippen molar-refractivity contribution >= 4 is 17.3 Å². The molecule has 3 aromatic rings. The Morgan fingerprint density at radius 1 is 1.00 bits per heavy atom. The number of anilines is 1. The van der Waals surface area contributed by atoms with Gasteiger partial charge in [-0.1, -0.05) is 42.5 Å². The van der Waals surface area contributed by atoms with Crippen LogP contribution in [0.25, 0.3) is 11.1 Å². The molecule has 3 rings (SSSR count). The largest absolute Gasteiger partial charge is 0.493 e. The number of hydrogen-bond donors (Lipinski definition) is 1. The van der Waals surface area contributed by atoms with Crippen molar-refractivity contribution in [1.82, 2.24) is 0 Å². The van der Waals surface area contributed by atoms with Crippen molar-refractivity contribution in [2.75, 3.05) is 19.0 Å². The summed E-state index contributed by atoms with van der Waals surface area (Å²) in [7, 11) is 1.38. The van der Waals surface area contributed by atoms with Crippen LogP contribution in [0.2, 0.25) is 0 Å². The predicted molar refractivity (Wildman–Crippen MR) is 111 cm³/mol. The molecule has 7 nitrogen and oxygen atoms in total. The Morgan fingerprint density at radius 3 is 2.24 bits per heavy atom. The minimum atomic E-state index is -0.619. The third-order valence-electron chi connectivity index (χ3n) is 4.27. The monoisotopic (exact) mass is 392 g/mol. The van der Waals surface area contributed by atoms with Crippen molar-refractivity contribution < 1.29 is 19.2 Å². The van der Waals surface area contributed by atoms with Crippen LogP contribution in [0.5, 0.6) is 11.5 Å². The second kappa shape index (κ2) is 8.88. The number of nitrogens with one attached hydrogen (secondary N) is 1. The first kappa shape index (κ1) is 19.9. The summed E-state index contributed by atoms with van der Waals surface area (Å²) in [6, 6.07) is 19.6. The number of hydrogen-bond acceptors (Lipinski definition) is 5. The fourth-order valence-corrected chi connectivity index (χ4v) is 2.88. The van der Waals surface area contributed by atoms with Gasteiger partial charge >= 0.3 is 0 Å². The third kappa shape index (κ3) is 4.52. The number of nitro groups is 1. The maximum atomic E-state index is 12.7. The standard InChI is InChI=1S/C22H20N2O5/c1-3-29-21-13-18(19(24(26)27)14-20(21)28-2)22(25)23-17-11-9-16(10-12-17)15-7-5-4-6-8-15/h4-14H,3H2,1-2H3,(H,23,25). The second-order valence-corrected chi connectivity index (χ2v) is 6.11. The molecule has 148 valence electrons. The molecule has 3 aromatic carbocycles. The molecule has 0 unspecified atom stereocenters. The first-order valence-corrected chi connectivity index (χ1v) is 8.99. The first-order chi connectivity index (χ1) is 14.0. The minimum Gasteiger partial charge on any atom is -0.493 e. The Balaban J connectivity index is 1.88. The number of rotatable bonds is 7. The van der Waals surface area contributed by atoms with Gasteiger partial charge in [0.15, 0.2) is 11.5 Å². The van der Waals surface area contributed by atoms with Gasteiger partial charge in [-0.15, -0.1) is 0 Å². The lowest BCUT2D eigenvalue weighted by atomic mass is 10.1. The van der Waals surface area contributed by atoms with Gasteiger partial charge in [0.2, 0.25) is 0 Å². The zero-order chi connectivity index (χ0) is 20.8. The van der Waals surface area contributed by atoms with Crippen LogP contribution in [-0.2, 0) is 0 Å². The van der Waals surface area contributed by atoms with Crippen LogP contribution in [0.4, 0.5) is 11.4 Å². The van der Waals surface area contributed by atoms with E-state index in [2.05, 4.69) is 5.32 Å². The average Bonchev–Trinajstić information content (AvgIpc) is 2.74. The molecular formula is C22H20N2O5. The molecule has 0 saturated carbocycles. The molecule has 29 heavy (non-hydrogen) atoms. The van der Waals surface area contributed by atoms with E-state index < -0.39 is 10.8 Å². The van der Waals surface area contributed by atoms with Gasteiger partial charge in [0.1, 0.15) is 5.56 Å². The fraction of sp³-hybridized carbons (Fsp3) is 0.136. The van der Waals surface area contributed by atoms with Gasteiger partial charge in [0, 0.05) is 11.8 Å². The highest BCUT2D eigenvalue weighted by Gasteiger charge is 2.24. The number of nitro benzene ring substituents is 1. The molecule has 0 spiro atoms. The Morgan fingerprint density at radius 2 is 1.66 bits per heavy atom. The van der Waals surface area contributed by atoms with E-state index in [-0.39, 0.29) is 22.7 Å². The summed E-state index contributed by atoms with van der Waals surface area (Å²) in [5.74, 6) is -0.139. The Bertz CT molecular complexity index is 1020. The summed E-state index contributed by atoms with van der Waals surface area (Å²) >= 11 is 0. The highest BCUT2D eigenvalue weighted by molar-refractivity contribution is 6.07. The molecule has 0 aromatic heterocycles. The van der Waals surface area contributed by atoms with Crippen molar-refractivity contribution in [2.24, 2.45) is 0 Å². The minimum absolute atomic E-state index is 0.105. The van der Waals surface area contributed by atoms with Crippen LogP contribution in [-0.4, -0.2) is 24.5 Å². The van der Waals surface area contributed by atoms with E-state index in [4.69, 9.17) is 9.47 Å². The van der Waals surface area contributed by atoms with E-state index in [1.54, 1.807) is 19.1 Å². The maximum Gasteiger partial charge on any atom is 0.286 e. The van der Waals surface area contributed by atoms with Gasteiger partial charge in [0.05, 0.1) is 24.7 Å². The summed E-state index contributed by atoms with van der Waals surface area (Å²) in [5, 5.41) is 14.1. The molecule has 1 amide bonds. The average molecular weight is 392 g/mol. The number of carbonyl (C=O) groups excluding carboxylic acids is 1. The highest BCUT2D eigenvalue weighted by atomic mass is 16.6. The van der Waals surface area contributed by atoms with E-state index in [0.29, 0.717) is 12.3 Å². The SMILES string of the molecule is CCOc1cc(C(=O)Nc2ccc(-c3ccccc3)cc2)c([N+](=O)[O-])cc1OC. The lowest BCUT2D eigenvalue weighted by molar-refractivity contribution is -0.385. The van der Waals surface area contributed by atoms with E-state index in [0.717, 1.165) is 11.1 Å². The summed E-state index contributed by atoms with van der Waals surface area (Å²) in [4.78, 5) is 23.6. The van der Waals surface area contributed by atoms with Crippen LogP contribution in [0.3, 0.4) is 0 Å². The Hall–Kier alpha value is -3.87. The van der Waals surface area contributed by atoms with Crippen molar-refractivity contribution in [2.45, 2.75) is 6.92 Å². The number of benzene rings is 3. The zero-order valence-electron chi connectivity index (χ0n) is 16.0. The van der Waals surface area contributed by atoms with Crippen molar-refractivity contribution in [3.63, 3.8) is 0 Å². The maximum absolute atomic E-state index is 12.7. The third-order valence-corrected chi connectivity index (χ3v) is 4.27. The van der Waals surface area contributed by atoms with Gasteiger partial charge in [-0.2, -0.15) is 0 Å². The molecule has 0 radical (unpaired) electrons. The van der Waals surface area contributed by atoms with E-state index >= 15 is 0 Å². The number of nitrogens with zero attached hydrogens (tertiary/aromatic N) is 1. The van der Waals surface area contributed by atoms with Crippen molar-refractivity contribution in [3.05, 3.63) is 82.4 Å². The Labute approximate surface area is 168 Å². The fourth-order valence-electron chi connectivity index (χ4n) is 2.88. The van der Waals surface area contributed by atoms with Gasteiger partial charge in [-0.3, -0.25) is 14.9 Å². The number of amides is 1.